The molecule has 0 aromatic carbocycles. The number of rotatable bonds is 7. The van der Waals surface area contributed by atoms with E-state index in [9.17, 15) is 4.79 Å². The lowest BCUT2D eigenvalue weighted by Crippen LogP contribution is -2.36. The second-order valence-corrected chi connectivity index (χ2v) is 3.94. The lowest BCUT2D eigenvalue weighted by molar-refractivity contribution is -0.121. The lowest BCUT2D eigenvalue weighted by atomic mass is 10.2. The summed E-state index contributed by atoms with van der Waals surface area (Å²) in [5, 5.41) is 2.75. The first-order chi connectivity index (χ1) is 8.22. The average Bonchev–Trinajstić information content (AvgIpc) is 2.35. The maximum atomic E-state index is 11.4. The second kappa shape index (κ2) is 7.57. The zero-order chi connectivity index (χ0) is 12.5. The van der Waals surface area contributed by atoms with Crippen LogP contribution in [0.1, 0.15) is 5.56 Å². The van der Waals surface area contributed by atoms with E-state index in [0.717, 1.165) is 13.0 Å². The summed E-state index contributed by atoms with van der Waals surface area (Å²) in [5.41, 5.74) is 1.23. The van der Waals surface area contributed by atoms with Crippen LogP contribution in [0.3, 0.4) is 0 Å². The molecule has 17 heavy (non-hydrogen) atoms. The van der Waals surface area contributed by atoms with Crippen LogP contribution in [0, 0.1) is 0 Å². The van der Waals surface area contributed by atoms with Gasteiger partial charge >= 0.3 is 0 Å². The third kappa shape index (κ3) is 5.82. The summed E-state index contributed by atoms with van der Waals surface area (Å²) < 4.78 is 0. The molecule has 0 atom stereocenters. The number of carbonyl (C=O) groups excluding carboxylic acids is 1. The van der Waals surface area contributed by atoms with Crippen LogP contribution in [-0.4, -0.2) is 42.5 Å². The molecule has 4 nitrogen and oxygen atoms in total. The van der Waals surface area contributed by atoms with E-state index in [2.05, 4.69) is 16.9 Å². The first-order valence-corrected chi connectivity index (χ1v) is 5.67. The predicted molar refractivity (Wildman–Crippen MR) is 68.6 cm³/mol. The van der Waals surface area contributed by atoms with Crippen molar-refractivity contribution in [3.63, 3.8) is 0 Å². The van der Waals surface area contributed by atoms with E-state index in [1.54, 1.807) is 18.5 Å². The van der Waals surface area contributed by atoms with Gasteiger partial charge in [-0.1, -0.05) is 6.08 Å². The largest absolute Gasteiger partial charge is 0.352 e. The quantitative estimate of drug-likeness (QED) is 0.710. The monoisotopic (exact) mass is 233 g/mol. The van der Waals surface area contributed by atoms with Crippen LogP contribution in [0.15, 0.2) is 37.2 Å². The Morgan fingerprint density at radius 1 is 1.53 bits per heavy atom. The van der Waals surface area contributed by atoms with Gasteiger partial charge in [-0.2, -0.15) is 0 Å². The topological polar surface area (TPSA) is 45.2 Å². The van der Waals surface area contributed by atoms with Crippen molar-refractivity contribution in [3.8, 4) is 0 Å². The number of pyridine rings is 1. The van der Waals surface area contributed by atoms with E-state index in [0.29, 0.717) is 13.1 Å². The Kier molecular flexibility index (Phi) is 5.96. The number of carbonyl (C=O) groups is 1. The smallest absolute Gasteiger partial charge is 0.234 e. The van der Waals surface area contributed by atoms with E-state index in [1.807, 2.05) is 24.1 Å². The molecule has 0 bridgehead atoms. The SMILES string of the molecule is C=CCNC(=O)CN(C)CCc1ccncc1. The molecule has 1 aromatic rings. The van der Waals surface area contributed by atoms with Crippen LogP contribution in [0.2, 0.25) is 0 Å². The molecule has 92 valence electrons. The fraction of sp³-hybridized carbons (Fsp3) is 0.385. The number of hydrogen-bond donors (Lipinski definition) is 1. The van der Waals surface area contributed by atoms with Gasteiger partial charge in [0, 0.05) is 25.5 Å². The van der Waals surface area contributed by atoms with Crippen molar-refractivity contribution >= 4 is 5.91 Å². The van der Waals surface area contributed by atoms with Crippen molar-refractivity contribution < 1.29 is 4.79 Å². The van der Waals surface area contributed by atoms with Gasteiger partial charge in [-0.05, 0) is 31.2 Å². The summed E-state index contributed by atoms with van der Waals surface area (Å²) in [6.45, 7) is 5.35. The number of nitrogens with zero attached hydrogens (tertiary/aromatic N) is 2. The highest BCUT2D eigenvalue weighted by Crippen LogP contribution is 1.98. The van der Waals surface area contributed by atoms with Crippen LogP contribution >= 0.6 is 0 Å². The van der Waals surface area contributed by atoms with Crippen LogP contribution in [0.4, 0.5) is 0 Å². The van der Waals surface area contributed by atoms with Crippen molar-refractivity contribution in [2.75, 3.05) is 26.7 Å². The van der Waals surface area contributed by atoms with Crippen LogP contribution in [0.25, 0.3) is 0 Å². The minimum Gasteiger partial charge on any atom is -0.352 e. The molecule has 1 amide bonds. The third-order valence-corrected chi connectivity index (χ3v) is 2.39. The van der Waals surface area contributed by atoms with Crippen molar-refractivity contribution in [1.29, 1.82) is 0 Å². The van der Waals surface area contributed by atoms with Gasteiger partial charge in [0.05, 0.1) is 6.54 Å². The van der Waals surface area contributed by atoms with Crippen LogP contribution < -0.4 is 5.32 Å². The Balaban J connectivity index is 2.23. The van der Waals surface area contributed by atoms with Gasteiger partial charge in [-0.3, -0.25) is 14.7 Å². The summed E-state index contributed by atoms with van der Waals surface area (Å²) >= 11 is 0. The summed E-state index contributed by atoms with van der Waals surface area (Å²) in [7, 11) is 1.94. The maximum Gasteiger partial charge on any atom is 0.234 e. The minimum absolute atomic E-state index is 0.0297. The zero-order valence-electron chi connectivity index (χ0n) is 10.2. The van der Waals surface area contributed by atoms with Crippen molar-refractivity contribution in [2.45, 2.75) is 6.42 Å². The molecule has 0 saturated heterocycles. The molecule has 0 aliphatic carbocycles. The van der Waals surface area contributed by atoms with Crippen molar-refractivity contribution in [2.24, 2.45) is 0 Å². The molecule has 0 saturated carbocycles. The van der Waals surface area contributed by atoms with Gasteiger partial charge in [-0.25, -0.2) is 0 Å². The van der Waals surface area contributed by atoms with Gasteiger partial charge < -0.3 is 5.32 Å². The van der Waals surface area contributed by atoms with Gasteiger partial charge in [0.2, 0.25) is 5.91 Å². The van der Waals surface area contributed by atoms with Crippen LogP contribution in [-0.2, 0) is 11.2 Å². The van der Waals surface area contributed by atoms with Gasteiger partial charge in [0.1, 0.15) is 0 Å². The molecule has 0 aliphatic rings. The molecule has 0 fully saturated rings. The standard InChI is InChI=1S/C13H19N3O/c1-3-7-15-13(17)11-16(2)10-6-12-4-8-14-9-5-12/h3-5,8-9H,1,6-7,10-11H2,2H3,(H,15,17). The molecule has 0 radical (unpaired) electrons. The fourth-order valence-corrected chi connectivity index (χ4v) is 1.44. The summed E-state index contributed by atoms with van der Waals surface area (Å²) in [5.74, 6) is 0.0297. The van der Waals surface area contributed by atoms with Gasteiger partial charge in [0.25, 0.3) is 0 Å². The number of hydrogen-bond acceptors (Lipinski definition) is 3. The van der Waals surface area contributed by atoms with Crippen molar-refractivity contribution in [3.05, 3.63) is 42.7 Å². The minimum atomic E-state index is 0.0297. The molecule has 0 spiro atoms. The Morgan fingerprint density at radius 2 is 2.24 bits per heavy atom. The fourth-order valence-electron chi connectivity index (χ4n) is 1.44. The molecule has 1 aromatic heterocycles. The summed E-state index contributed by atoms with van der Waals surface area (Å²) in [6.07, 6.45) is 6.17. The molecule has 0 aliphatic heterocycles. The van der Waals surface area contributed by atoms with Crippen molar-refractivity contribution in [1.82, 2.24) is 15.2 Å². The normalized spacial score (nSPS) is 10.2. The van der Waals surface area contributed by atoms with Gasteiger partial charge in [-0.15, -0.1) is 6.58 Å². The highest BCUT2D eigenvalue weighted by atomic mass is 16.1. The summed E-state index contributed by atoms with van der Waals surface area (Å²) in [6, 6.07) is 3.98. The number of nitrogens with one attached hydrogen (secondary N) is 1. The van der Waals surface area contributed by atoms with E-state index in [-0.39, 0.29) is 5.91 Å². The van der Waals surface area contributed by atoms with E-state index < -0.39 is 0 Å². The molecule has 1 N–H and O–H groups in total. The Hall–Kier alpha value is -1.68. The third-order valence-electron chi connectivity index (χ3n) is 2.39. The Labute approximate surface area is 102 Å². The lowest BCUT2D eigenvalue weighted by Gasteiger charge is -2.15. The maximum absolute atomic E-state index is 11.4. The van der Waals surface area contributed by atoms with Gasteiger partial charge in [0.15, 0.2) is 0 Å². The molecular weight excluding hydrogens is 214 g/mol. The number of amides is 1. The number of aromatic nitrogens is 1. The first kappa shape index (κ1) is 13.4. The van der Waals surface area contributed by atoms with E-state index >= 15 is 0 Å². The molecular formula is C13H19N3O. The van der Waals surface area contributed by atoms with E-state index in [1.165, 1.54) is 5.56 Å². The highest BCUT2D eigenvalue weighted by molar-refractivity contribution is 5.78. The molecule has 1 heterocycles. The number of likely N-dealkylation sites (N-methyl/N-ethyl adjacent to an activating group) is 1. The Bertz CT molecular complexity index is 351. The molecule has 4 heteroatoms. The Morgan fingerprint density at radius 3 is 2.88 bits per heavy atom. The molecule has 1 rings (SSSR count). The zero-order valence-corrected chi connectivity index (χ0v) is 10.2. The summed E-state index contributed by atoms with van der Waals surface area (Å²) in [4.78, 5) is 17.4. The molecule has 0 unspecified atom stereocenters. The second-order valence-electron chi connectivity index (χ2n) is 3.94. The van der Waals surface area contributed by atoms with Crippen LogP contribution in [0.5, 0.6) is 0 Å². The highest BCUT2D eigenvalue weighted by Gasteiger charge is 2.05. The van der Waals surface area contributed by atoms with E-state index in [4.69, 9.17) is 0 Å². The average molecular weight is 233 g/mol. The first-order valence-electron chi connectivity index (χ1n) is 5.67. The predicted octanol–water partition coefficient (Wildman–Crippen LogP) is 0.858.